The van der Waals surface area contributed by atoms with Gasteiger partial charge in [0.05, 0.1) is 11.8 Å². The number of aryl methyl sites for hydroxylation is 1. The molecule has 15 heavy (non-hydrogen) atoms. The molecule has 0 bridgehead atoms. The second-order valence-electron chi connectivity index (χ2n) is 2.81. The highest BCUT2D eigenvalue weighted by atomic mass is 35.5. The first-order valence-electron chi connectivity index (χ1n) is 4.24. The number of aliphatic imine (C=N–C) groups is 1. The van der Waals surface area contributed by atoms with E-state index in [0.29, 0.717) is 23.0 Å². The number of halogens is 1. The molecule has 6 nitrogen and oxygen atoms in total. The average molecular weight is 228 g/mol. The van der Waals surface area contributed by atoms with E-state index in [1.54, 1.807) is 6.92 Å². The third kappa shape index (κ3) is 2.94. The van der Waals surface area contributed by atoms with Crippen LogP contribution >= 0.6 is 11.6 Å². The molecule has 0 radical (unpaired) electrons. The number of hydrogen-bond acceptors (Lipinski definition) is 4. The number of H-pyrrole nitrogens is 1. The summed E-state index contributed by atoms with van der Waals surface area (Å²) >= 11 is 5.87. The van der Waals surface area contributed by atoms with Crippen molar-refractivity contribution >= 4 is 23.3 Å². The number of hydrogen-bond donors (Lipinski definition) is 3. The fraction of sp³-hybridized carbons (Fsp3) is 0.375. The summed E-state index contributed by atoms with van der Waals surface area (Å²) in [7, 11) is 0. The number of aromatic nitrogens is 2. The first kappa shape index (κ1) is 11.5. The Bertz CT molecular complexity index is 406. The average Bonchev–Trinajstić information content (AvgIpc) is 2.55. The molecule has 0 aliphatic rings. The van der Waals surface area contributed by atoms with Gasteiger partial charge in [-0.1, -0.05) is 11.6 Å². The van der Waals surface area contributed by atoms with Crippen LogP contribution < -0.4 is 5.48 Å². The van der Waals surface area contributed by atoms with Gasteiger partial charge in [0.1, 0.15) is 10.9 Å². The molecule has 0 aromatic carbocycles. The van der Waals surface area contributed by atoms with Gasteiger partial charge in [-0.15, -0.1) is 0 Å². The predicted octanol–water partition coefficient (Wildman–Crippen LogP) is 1.68. The number of hydroxylamine groups is 1. The summed E-state index contributed by atoms with van der Waals surface area (Å²) in [4.78, 5) is 3.97. The van der Waals surface area contributed by atoms with E-state index in [1.807, 2.05) is 11.5 Å². The number of nitriles is 1. The van der Waals surface area contributed by atoms with Gasteiger partial charge in [0, 0.05) is 12.8 Å². The van der Waals surface area contributed by atoms with Gasteiger partial charge >= 0.3 is 0 Å². The summed E-state index contributed by atoms with van der Waals surface area (Å²) in [5.74, 6) is 0.550. The Morgan fingerprint density at radius 2 is 2.53 bits per heavy atom. The molecular formula is C8H10ClN5O. The molecule has 0 fully saturated rings. The number of aromatic amines is 1. The van der Waals surface area contributed by atoms with Crippen LogP contribution in [0.1, 0.15) is 18.5 Å². The van der Waals surface area contributed by atoms with Crippen LogP contribution in [0.25, 0.3) is 0 Å². The lowest BCUT2D eigenvalue weighted by Crippen LogP contribution is -2.18. The fourth-order valence-corrected chi connectivity index (χ4v) is 1.04. The van der Waals surface area contributed by atoms with Crippen molar-refractivity contribution in [3.8, 4) is 6.07 Å². The van der Waals surface area contributed by atoms with Gasteiger partial charge in [0.15, 0.2) is 5.82 Å². The topological polar surface area (TPSA) is 97.1 Å². The number of nitrogens with one attached hydrogen (secondary N) is 2. The highest BCUT2D eigenvalue weighted by Crippen LogP contribution is 2.24. The first-order valence-corrected chi connectivity index (χ1v) is 4.62. The van der Waals surface area contributed by atoms with Gasteiger partial charge in [-0.25, -0.2) is 4.99 Å². The largest absolute Gasteiger partial charge is 0.290 e. The van der Waals surface area contributed by atoms with Crippen molar-refractivity contribution in [3.63, 3.8) is 0 Å². The first-order chi connectivity index (χ1) is 7.19. The van der Waals surface area contributed by atoms with E-state index in [-0.39, 0.29) is 12.3 Å². The van der Waals surface area contributed by atoms with Crippen LogP contribution in [0.3, 0.4) is 0 Å². The molecule has 1 aromatic heterocycles. The Kier molecular flexibility index (Phi) is 4.09. The van der Waals surface area contributed by atoms with Crippen molar-refractivity contribution in [1.82, 2.24) is 15.7 Å². The molecule has 0 unspecified atom stereocenters. The molecule has 0 saturated carbocycles. The zero-order chi connectivity index (χ0) is 11.3. The Hall–Kier alpha value is -1.58. The SMILES string of the molecule is Cc1[nH]nc(N=C(CCC#N)NO)c1Cl. The Morgan fingerprint density at radius 3 is 3.00 bits per heavy atom. The van der Waals surface area contributed by atoms with Gasteiger partial charge < -0.3 is 0 Å². The molecule has 0 amide bonds. The Morgan fingerprint density at radius 1 is 1.80 bits per heavy atom. The van der Waals surface area contributed by atoms with Gasteiger partial charge in [-0.3, -0.25) is 15.8 Å². The van der Waals surface area contributed by atoms with E-state index in [9.17, 15) is 0 Å². The van der Waals surface area contributed by atoms with E-state index >= 15 is 0 Å². The van der Waals surface area contributed by atoms with Gasteiger partial charge in [0.2, 0.25) is 0 Å². The van der Waals surface area contributed by atoms with Crippen LogP contribution in [0.4, 0.5) is 5.82 Å². The second-order valence-corrected chi connectivity index (χ2v) is 3.19. The summed E-state index contributed by atoms with van der Waals surface area (Å²) in [6.07, 6.45) is 0.572. The molecule has 1 aromatic rings. The fourth-order valence-electron chi connectivity index (χ4n) is 0.916. The summed E-state index contributed by atoms with van der Waals surface area (Å²) in [6.45, 7) is 1.76. The third-order valence-corrected chi connectivity index (χ3v) is 2.15. The summed E-state index contributed by atoms with van der Waals surface area (Å²) < 4.78 is 0. The summed E-state index contributed by atoms with van der Waals surface area (Å²) in [6, 6.07) is 1.94. The normalized spacial score (nSPS) is 11.2. The van der Waals surface area contributed by atoms with Crippen LogP contribution in [-0.4, -0.2) is 21.2 Å². The van der Waals surface area contributed by atoms with E-state index < -0.39 is 0 Å². The van der Waals surface area contributed by atoms with Crippen LogP contribution in [0.5, 0.6) is 0 Å². The molecule has 0 atom stereocenters. The highest BCUT2D eigenvalue weighted by Gasteiger charge is 2.07. The molecule has 1 heterocycles. The molecule has 0 saturated heterocycles. The molecule has 0 spiro atoms. The van der Waals surface area contributed by atoms with Crippen molar-refractivity contribution in [1.29, 1.82) is 5.26 Å². The van der Waals surface area contributed by atoms with E-state index in [2.05, 4.69) is 15.2 Å². The molecule has 1 rings (SSSR count). The van der Waals surface area contributed by atoms with Crippen molar-refractivity contribution in [2.75, 3.05) is 0 Å². The smallest absolute Gasteiger partial charge is 0.194 e. The summed E-state index contributed by atoms with van der Waals surface area (Å²) in [5, 5.41) is 24.0. The maximum atomic E-state index is 8.74. The third-order valence-electron chi connectivity index (χ3n) is 1.70. The van der Waals surface area contributed by atoms with Gasteiger partial charge in [0.25, 0.3) is 0 Å². The van der Waals surface area contributed by atoms with Crippen LogP contribution in [0.2, 0.25) is 5.02 Å². The number of nitrogens with zero attached hydrogens (tertiary/aromatic N) is 3. The molecular weight excluding hydrogens is 218 g/mol. The van der Waals surface area contributed by atoms with Gasteiger partial charge in [-0.2, -0.15) is 10.4 Å². The lowest BCUT2D eigenvalue weighted by Gasteiger charge is -1.99. The minimum atomic E-state index is 0.255. The van der Waals surface area contributed by atoms with E-state index in [1.165, 1.54) is 0 Å². The zero-order valence-electron chi connectivity index (χ0n) is 8.08. The minimum absolute atomic E-state index is 0.255. The van der Waals surface area contributed by atoms with Crippen molar-refractivity contribution in [2.45, 2.75) is 19.8 Å². The van der Waals surface area contributed by atoms with Crippen molar-refractivity contribution in [2.24, 2.45) is 4.99 Å². The molecule has 3 N–H and O–H groups in total. The predicted molar refractivity (Wildman–Crippen MR) is 55.2 cm³/mol. The van der Waals surface area contributed by atoms with Crippen LogP contribution in [0.15, 0.2) is 4.99 Å². The van der Waals surface area contributed by atoms with E-state index in [4.69, 9.17) is 22.1 Å². The molecule has 0 aliphatic carbocycles. The summed E-state index contributed by atoms with van der Waals surface area (Å²) in [5.41, 5.74) is 2.61. The Balaban J connectivity index is 2.84. The highest BCUT2D eigenvalue weighted by molar-refractivity contribution is 6.33. The van der Waals surface area contributed by atoms with Crippen LogP contribution in [-0.2, 0) is 0 Å². The van der Waals surface area contributed by atoms with Crippen LogP contribution in [0, 0.1) is 18.3 Å². The molecule has 7 heteroatoms. The van der Waals surface area contributed by atoms with Crippen molar-refractivity contribution in [3.05, 3.63) is 10.7 Å². The van der Waals surface area contributed by atoms with Gasteiger partial charge in [-0.05, 0) is 6.92 Å². The maximum Gasteiger partial charge on any atom is 0.194 e. The monoisotopic (exact) mass is 227 g/mol. The number of amidine groups is 1. The maximum absolute atomic E-state index is 8.74. The second kappa shape index (κ2) is 5.34. The zero-order valence-corrected chi connectivity index (χ0v) is 8.84. The quantitative estimate of drug-likeness (QED) is 0.416. The van der Waals surface area contributed by atoms with E-state index in [0.717, 1.165) is 0 Å². The van der Waals surface area contributed by atoms with Crippen molar-refractivity contribution < 1.29 is 5.21 Å². The molecule has 80 valence electrons. The minimum Gasteiger partial charge on any atom is -0.290 e. The number of rotatable bonds is 3. The lowest BCUT2D eigenvalue weighted by atomic mass is 10.3. The standard InChI is InChI=1S/C8H10ClN5O/c1-5-7(9)8(13-12-5)11-6(14-15)3-2-4-10/h15H,2-3H2,1H3,(H2,11,12,13,14). The Labute approximate surface area is 91.5 Å². The lowest BCUT2D eigenvalue weighted by molar-refractivity contribution is 0.232. The molecule has 0 aliphatic heterocycles.